The zero-order chi connectivity index (χ0) is 23.5. The quantitative estimate of drug-likeness (QED) is 0.307. The second-order valence-corrected chi connectivity index (χ2v) is 8.78. The van der Waals surface area contributed by atoms with Crippen LogP contribution in [0.15, 0.2) is 72.8 Å². The fraction of sp³-hybridized carbons (Fsp3) is 0.259. The van der Waals surface area contributed by atoms with Crippen LogP contribution in [-0.2, 0) is 11.3 Å². The third-order valence-corrected chi connectivity index (χ3v) is 6.38. The molecule has 7 heteroatoms. The summed E-state index contributed by atoms with van der Waals surface area (Å²) < 4.78 is 13.6. The van der Waals surface area contributed by atoms with Crippen LogP contribution < -0.4 is 14.4 Å². The summed E-state index contributed by atoms with van der Waals surface area (Å²) in [7, 11) is 1.60. The first-order chi connectivity index (χ1) is 16.6. The van der Waals surface area contributed by atoms with Gasteiger partial charge in [0.1, 0.15) is 17.3 Å². The Labute approximate surface area is 203 Å². The number of anilines is 1. The van der Waals surface area contributed by atoms with Gasteiger partial charge in [-0.15, -0.1) is 0 Å². The van der Waals surface area contributed by atoms with Gasteiger partial charge in [0.15, 0.2) is 0 Å². The standard InChI is InChI=1S/C27H26ClN3O3/c1-33-25-13-12-20(28)17-24(25)31-18-19(16-26(31)32)27-29-22-10-5-6-11-23(22)30(27)14-7-15-34-21-8-3-2-4-9-21/h2-6,8-13,17,19H,7,14-16,18H2,1H3/t19-/m0/s1. The Kier molecular flexibility index (Phi) is 6.41. The van der Waals surface area contributed by atoms with Crippen molar-refractivity contribution in [3.8, 4) is 11.5 Å². The minimum Gasteiger partial charge on any atom is -0.495 e. The highest BCUT2D eigenvalue weighted by molar-refractivity contribution is 6.31. The molecule has 3 aromatic carbocycles. The molecule has 0 unspecified atom stereocenters. The highest BCUT2D eigenvalue weighted by Crippen LogP contribution is 2.38. The largest absolute Gasteiger partial charge is 0.495 e. The minimum atomic E-state index is -0.0290. The lowest BCUT2D eigenvalue weighted by atomic mass is 10.1. The lowest BCUT2D eigenvalue weighted by Crippen LogP contribution is -2.25. The average molecular weight is 476 g/mol. The topological polar surface area (TPSA) is 56.6 Å². The van der Waals surface area contributed by atoms with Crippen molar-refractivity contribution in [1.29, 1.82) is 0 Å². The van der Waals surface area contributed by atoms with E-state index in [1.165, 1.54) is 0 Å². The van der Waals surface area contributed by atoms with E-state index >= 15 is 0 Å². The zero-order valence-corrected chi connectivity index (χ0v) is 19.7. The maximum atomic E-state index is 13.1. The summed E-state index contributed by atoms with van der Waals surface area (Å²) in [5, 5.41) is 0.567. The minimum absolute atomic E-state index is 0.0290. The van der Waals surface area contributed by atoms with Gasteiger partial charge in [-0.3, -0.25) is 4.79 Å². The van der Waals surface area contributed by atoms with E-state index in [0.29, 0.717) is 36.0 Å². The molecule has 0 N–H and O–H groups in total. The van der Waals surface area contributed by atoms with Gasteiger partial charge < -0.3 is 18.9 Å². The van der Waals surface area contributed by atoms with Gasteiger partial charge in [-0.2, -0.15) is 0 Å². The number of methoxy groups -OCH3 is 1. The van der Waals surface area contributed by atoms with Crippen molar-refractivity contribution >= 4 is 34.2 Å². The number of imidazole rings is 1. The number of carbonyl (C=O) groups excluding carboxylic acids is 1. The van der Waals surface area contributed by atoms with Crippen LogP contribution in [0, 0.1) is 0 Å². The fourth-order valence-electron chi connectivity index (χ4n) is 4.56. The first-order valence-electron chi connectivity index (χ1n) is 11.4. The molecule has 174 valence electrons. The van der Waals surface area contributed by atoms with E-state index in [2.05, 4.69) is 10.6 Å². The second kappa shape index (κ2) is 9.77. The Bertz CT molecular complexity index is 1310. The average Bonchev–Trinajstić information content (AvgIpc) is 3.43. The van der Waals surface area contributed by atoms with Crippen molar-refractivity contribution < 1.29 is 14.3 Å². The third-order valence-electron chi connectivity index (χ3n) is 6.14. The van der Waals surface area contributed by atoms with Crippen LogP contribution in [0.25, 0.3) is 11.0 Å². The molecule has 0 bridgehead atoms. The molecule has 0 radical (unpaired) electrons. The molecular formula is C27H26ClN3O3. The summed E-state index contributed by atoms with van der Waals surface area (Å²) in [5.41, 5.74) is 2.71. The Balaban J connectivity index is 1.38. The number of fused-ring (bicyclic) bond motifs is 1. The monoisotopic (exact) mass is 475 g/mol. The molecule has 1 aliphatic rings. The smallest absolute Gasteiger partial charge is 0.227 e. The second-order valence-electron chi connectivity index (χ2n) is 8.35. The SMILES string of the molecule is COc1ccc(Cl)cc1N1C[C@@H](c2nc3ccccc3n2CCCOc2ccccc2)CC1=O. The molecule has 4 aromatic rings. The van der Waals surface area contributed by atoms with Crippen LogP contribution in [0.1, 0.15) is 24.6 Å². The molecule has 6 nitrogen and oxygen atoms in total. The van der Waals surface area contributed by atoms with Gasteiger partial charge in [-0.1, -0.05) is 41.9 Å². The molecule has 1 fully saturated rings. The molecule has 1 saturated heterocycles. The number of nitrogens with zero attached hydrogens (tertiary/aromatic N) is 3. The number of para-hydroxylation sites is 3. The van der Waals surface area contributed by atoms with Crippen molar-refractivity contribution in [3.05, 3.63) is 83.6 Å². The fourth-order valence-corrected chi connectivity index (χ4v) is 4.72. The van der Waals surface area contributed by atoms with Gasteiger partial charge in [0.2, 0.25) is 5.91 Å². The third kappa shape index (κ3) is 4.46. The summed E-state index contributed by atoms with van der Waals surface area (Å²) in [6.45, 7) is 1.89. The molecule has 1 aromatic heterocycles. The molecule has 1 amide bonds. The summed E-state index contributed by atoms with van der Waals surface area (Å²) in [5.74, 6) is 2.43. The number of hydrogen-bond acceptors (Lipinski definition) is 4. The van der Waals surface area contributed by atoms with Crippen molar-refractivity contribution in [2.45, 2.75) is 25.3 Å². The van der Waals surface area contributed by atoms with Crippen LogP contribution in [0.2, 0.25) is 5.02 Å². The van der Waals surface area contributed by atoms with E-state index in [0.717, 1.165) is 35.6 Å². The Morgan fingerprint density at radius 3 is 2.68 bits per heavy atom. The predicted molar refractivity (Wildman–Crippen MR) is 134 cm³/mol. The predicted octanol–water partition coefficient (Wildman–Crippen LogP) is 5.69. The zero-order valence-electron chi connectivity index (χ0n) is 19.0. The highest BCUT2D eigenvalue weighted by atomic mass is 35.5. The summed E-state index contributed by atoms with van der Waals surface area (Å²) in [6, 6.07) is 23.3. The Hall–Kier alpha value is -3.51. The molecule has 0 spiro atoms. The van der Waals surface area contributed by atoms with E-state index < -0.39 is 0 Å². The van der Waals surface area contributed by atoms with Crippen molar-refractivity contribution in [3.63, 3.8) is 0 Å². The number of benzene rings is 3. The van der Waals surface area contributed by atoms with E-state index in [1.54, 1.807) is 30.2 Å². The van der Waals surface area contributed by atoms with Crippen molar-refractivity contribution in [2.24, 2.45) is 0 Å². The Morgan fingerprint density at radius 2 is 1.85 bits per heavy atom. The molecule has 0 saturated carbocycles. The molecule has 0 aliphatic carbocycles. The maximum absolute atomic E-state index is 13.1. The number of carbonyl (C=O) groups is 1. The van der Waals surface area contributed by atoms with Gasteiger partial charge >= 0.3 is 0 Å². The van der Waals surface area contributed by atoms with Gasteiger partial charge in [-0.05, 0) is 48.9 Å². The lowest BCUT2D eigenvalue weighted by molar-refractivity contribution is -0.117. The van der Waals surface area contributed by atoms with Crippen LogP contribution in [0.5, 0.6) is 11.5 Å². The summed E-state index contributed by atoms with van der Waals surface area (Å²) >= 11 is 6.23. The van der Waals surface area contributed by atoms with E-state index in [4.69, 9.17) is 26.1 Å². The first-order valence-corrected chi connectivity index (χ1v) is 11.8. The number of hydrogen-bond donors (Lipinski definition) is 0. The molecular weight excluding hydrogens is 450 g/mol. The van der Waals surface area contributed by atoms with E-state index in [-0.39, 0.29) is 11.8 Å². The number of aryl methyl sites for hydroxylation is 1. The molecule has 34 heavy (non-hydrogen) atoms. The number of halogens is 1. The molecule has 1 atom stereocenters. The number of amides is 1. The Morgan fingerprint density at radius 1 is 1.06 bits per heavy atom. The van der Waals surface area contributed by atoms with Gasteiger partial charge in [0.25, 0.3) is 0 Å². The summed E-state index contributed by atoms with van der Waals surface area (Å²) in [4.78, 5) is 19.8. The first kappa shape index (κ1) is 22.3. The molecule has 5 rings (SSSR count). The maximum Gasteiger partial charge on any atom is 0.227 e. The molecule has 2 heterocycles. The number of aromatic nitrogens is 2. The lowest BCUT2D eigenvalue weighted by Gasteiger charge is -2.20. The van der Waals surface area contributed by atoms with Crippen LogP contribution in [0.4, 0.5) is 5.69 Å². The van der Waals surface area contributed by atoms with Crippen molar-refractivity contribution in [2.75, 3.05) is 25.2 Å². The van der Waals surface area contributed by atoms with Gasteiger partial charge in [0.05, 0.1) is 30.4 Å². The van der Waals surface area contributed by atoms with Crippen LogP contribution >= 0.6 is 11.6 Å². The highest BCUT2D eigenvalue weighted by Gasteiger charge is 2.36. The number of ether oxygens (including phenoxy) is 2. The van der Waals surface area contributed by atoms with Crippen LogP contribution in [0.3, 0.4) is 0 Å². The number of rotatable bonds is 8. The molecule has 1 aliphatic heterocycles. The normalized spacial score (nSPS) is 15.8. The van der Waals surface area contributed by atoms with Gasteiger partial charge in [-0.25, -0.2) is 4.98 Å². The van der Waals surface area contributed by atoms with Crippen LogP contribution in [-0.4, -0.2) is 35.7 Å². The van der Waals surface area contributed by atoms with Crippen molar-refractivity contribution in [1.82, 2.24) is 9.55 Å². The van der Waals surface area contributed by atoms with E-state index in [1.807, 2.05) is 48.5 Å². The van der Waals surface area contributed by atoms with E-state index in [9.17, 15) is 4.79 Å². The van der Waals surface area contributed by atoms with Gasteiger partial charge in [0, 0.05) is 30.5 Å². The summed E-state index contributed by atoms with van der Waals surface area (Å²) in [6.07, 6.45) is 1.22.